The van der Waals surface area contributed by atoms with Crippen LogP contribution in [-0.4, -0.2) is 42.8 Å². The van der Waals surface area contributed by atoms with Crippen LogP contribution in [0, 0.1) is 5.92 Å². The number of Topliss-reactive ketones (excluding diaryl/α,β-unsaturated/α-hetero) is 1. The predicted octanol–water partition coefficient (Wildman–Crippen LogP) is 3.25. The van der Waals surface area contributed by atoms with Gasteiger partial charge in [0.15, 0.2) is 5.78 Å². The van der Waals surface area contributed by atoms with Crippen LogP contribution < -0.4 is 10.5 Å². The number of amides is 1. The van der Waals surface area contributed by atoms with E-state index in [2.05, 4.69) is 12.1 Å². The quantitative estimate of drug-likeness (QED) is 0.564. The molecular weight excluding hydrogens is 352 g/mol. The van der Waals surface area contributed by atoms with Gasteiger partial charge in [-0.05, 0) is 43.5 Å². The third-order valence-corrected chi connectivity index (χ3v) is 5.37. The Morgan fingerprint density at radius 3 is 2.61 bits per heavy atom. The highest BCUT2D eigenvalue weighted by atomic mass is 16.5. The van der Waals surface area contributed by atoms with Crippen molar-refractivity contribution < 1.29 is 14.3 Å². The van der Waals surface area contributed by atoms with E-state index in [1.807, 2.05) is 29.2 Å². The van der Waals surface area contributed by atoms with Gasteiger partial charge in [0.2, 0.25) is 5.91 Å². The molecule has 0 bridgehead atoms. The Balaban J connectivity index is 1.47. The largest absolute Gasteiger partial charge is 0.494 e. The number of ketones is 1. The molecule has 1 saturated heterocycles. The number of likely N-dealkylation sites (tertiary alicyclic amines) is 1. The molecule has 1 aliphatic rings. The van der Waals surface area contributed by atoms with Crippen molar-refractivity contribution in [2.75, 3.05) is 26.2 Å². The summed E-state index contributed by atoms with van der Waals surface area (Å²) < 4.78 is 5.70. The highest BCUT2D eigenvalue weighted by Crippen LogP contribution is 2.32. The van der Waals surface area contributed by atoms with E-state index < -0.39 is 0 Å². The summed E-state index contributed by atoms with van der Waals surface area (Å²) in [4.78, 5) is 26.0. The summed E-state index contributed by atoms with van der Waals surface area (Å²) in [5, 5.41) is 0. The normalized spacial score (nSPS) is 18.9. The van der Waals surface area contributed by atoms with Crippen molar-refractivity contribution in [1.82, 2.24) is 4.90 Å². The summed E-state index contributed by atoms with van der Waals surface area (Å²) in [7, 11) is 0. The van der Waals surface area contributed by atoms with E-state index in [0.29, 0.717) is 49.1 Å². The molecular formula is C23H28N2O3. The van der Waals surface area contributed by atoms with E-state index in [1.165, 1.54) is 12.5 Å². The standard InChI is InChI=1S/C23H28N2O3/c1-17(26)19-9-5-10-21(13-19)28-12-6-11-23(27)25-15-20(14-24)22(16-25)18-7-3-2-4-8-18/h2-5,7-10,13,20,22H,6,11-12,14-16,24H2,1H3/t20-,22+/m1/s1. The maximum atomic E-state index is 12.6. The zero-order valence-corrected chi connectivity index (χ0v) is 16.3. The van der Waals surface area contributed by atoms with Crippen LogP contribution in [0.15, 0.2) is 54.6 Å². The average molecular weight is 380 g/mol. The van der Waals surface area contributed by atoms with Gasteiger partial charge >= 0.3 is 0 Å². The second kappa shape index (κ2) is 9.51. The number of carbonyl (C=O) groups is 2. The third kappa shape index (κ3) is 4.98. The minimum Gasteiger partial charge on any atom is -0.494 e. The summed E-state index contributed by atoms with van der Waals surface area (Å²) in [6, 6.07) is 17.4. The predicted molar refractivity (Wildman–Crippen MR) is 109 cm³/mol. The van der Waals surface area contributed by atoms with Crippen molar-refractivity contribution in [1.29, 1.82) is 0 Å². The van der Waals surface area contributed by atoms with Gasteiger partial charge in [0.05, 0.1) is 6.61 Å². The molecule has 2 atom stereocenters. The van der Waals surface area contributed by atoms with Crippen molar-refractivity contribution in [3.05, 3.63) is 65.7 Å². The Hall–Kier alpha value is -2.66. The van der Waals surface area contributed by atoms with Gasteiger partial charge in [-0.2, -0.15) is 0 Å². The fraction of sp³-hybridized carbons (Fsp3) is 0.391. The Labute approximate surface area is 166 Å². The van der Waals surface area contributed by atoms with Gasteiger partial charge in [-0.1, -0.05) is 42.5 Å². The molecule has 28 heavy (non-hydrogen) atoms. The molecule has 0 radical (unpaired) electrons. The summed E-state index contributed by atoms with van der Waals surface area (Å²) >= 11 is 0. The lowest BCUT2D eigenvalue weighted by atomic mass is 9.89. The molecule has 1 heterocycles. The first kappa shape index (κ1) is 20.1. The second-order valence-electron chi connectivity index (χ2n) is 7.35. The average Bonchev–Trinajstić information content (AvgIpc) is 3.16. The van der Waals surface area contributed by atoms with Crippen molar-refractivity contribution >= 4 is 11.7 Å². The van der Waals surface area contributed by atoms with E-state index in [1.54, 1.807) is 18.2 Å². The van der Waals surface area contributed by atoms with Crippen molar-refractivity contribution in [2.24, 2.45) is 11.7 Å². The van der Waals surface area contributed by atoms with Gasteiger partial charge in [0.1, 0.15) is 5.75 Å². The fourth-order valence-electron chi connectivity index (χ4n) is 3.77. The van der Waals surface area contributed by atoms with Crippen LogP contribution >= 0.6 is 0 Å². The van der Waals surface area contributed by atoms with E-state index >= 15 is 0 Å². The molecule has 5 nitrogen and oxygen atoms in total. The lowest BCUT2D eigenvalue weighted by Crippen LogP contribution is -2.29. The number of benzene rings is 2. The number of nitrogens with two attached hydrogens (primary N) is 1. The number of hydrogen-bond acceptors (Lipinski definition) is 4. The molecule has 0 aromatic heterocycles. The first-order valence-electron chi connectivity index (χ1n) is 9.85. The SMILES string of the molecule is CC(=O)c1cccc(OCCCC(=O)N2C[C@@H](CN)[C@H](c3ccccc3)C2)c1. The smallest absolute Gasteiger partial charge is 0.222 e. The van der Waals surface area contributed by atoms with E-state index in [9.17, 15) is 9.59 Å². The molecule has 5 heteroatoms. The monoisotopic (exact) mass is 380 g/mol. The Morgan fingerprint density at radius 1 is 1.11 bits per heavy atom. The lowest BCUT2D eigenvalue weighted by molar-refractivity contribution is -0.130. The van der Waals surface area contributed by atoms with Gasteiger partial charge < -0.3 is 15.4 Å². The van der Waals surface area contributed by atoms with E-state index in [4.69, 9.17) is 10.5 Å². The second-order valence-corrected chi connectivity index (χ2v) is 7.35. The first-order valence-corrected chi connectivity index (χ1v) is 9.85. The van der Waals surface area contributed by atoms with Crippen LogP contribution in [0.2, 0.25) is 0 Å². The zero-order valence-electron chi connectivity index (χ0n) is 16.3. The molecule has 0 unspecified atom stereocenters. The Kier molecular flexibility index (Phi) is 6.82. The first-order chi connectivity index (χ1) is 13.6. The Bertz CT molecular complexity index is 807. The molecule has 3 rings (SSSR count). The third-order valence-electron chi connectivity index (χ3n) is 5.37. The molecule has 0 aliphatic carbocycles. The van der Waals surface area contributed by atoms with Gasteiger partial charge in [-0.15, -0.1) is 0 Å². The van der Waals surface area contributed by atoms with Crippen LogP contribution in [0.3, 0.4) is 0 Å². The minimum atomic E-state index is 0.0112. The van der Waals surface area contributed by atoms with Crippen molar-refractivity contribution in [2.45, 2.75) is 25.7 Å². The highest BCUT2D eigenvalue weighted by Gasteiger charge is 2.34. The molecule has 0 saturated carbocycles. The number of hydrogen-bond donors (Lipinski definition) is 1. The van der Waals surface area contributed by atoms with Gasteiger partial charge in [0, 0.05) is 31.0 Å². The molecule has 148 valence electrons. The number of nitrogens with zero attached hydrogens (tertiary/aromatic N) is 1. The van der Waals surface area contributed by atoms with Crippen LogP contribution in [0.5, 0.6) is 5.75 Å². The number of ether oxygens (including phenoxy) is 1. The van der Waals surface area contributed by atoms with Crippen LogP contribution in [0.4, 0.5) is 0 Å². The maximum absolute atomic E-state index is 12.6. The van der Waals surface area contributed by atoms with Crippen molar-refractivity contribution in [3.8, 4) is 5.75 Å². The Morgan fingerprint density at radius 2 is 1.89 bits per heavy atom. The number of rotatable bonds is 8. The maximum Gasteiger partial charge on any atom is 0.222 e. The fourth-order valence-corrected chi connectivity index (χ4v) is 3.77. The van der Waals surface area contributed by atoms with Crippen LogP contribution in [-0.2, 0) is 4.79 Å². The summed E-state index contributed by atoms with van der Waals surface area (Å²) in [5.41, 5.74) is 7.84. The van der Waals surface area contributed by atoms with E-state index in [0.717, 1.165) is 13.1 Å². The molecule has 1 fully saturated rings. The molecule has 2 aromatic rings. The highest BCUT2D eigenvalue weighted by molar-refractivity contribution is 5.94. The molecule has 2 N–H and O–H groups in total. The van der Waals surface area contributed by atoms with Crippen LogP contribution in [0.1, 0.15) is 41.6 Å². The number of carbonyl (C=O) groups excluding carboxylic acids is 2. The van der Waals surface area contributed by atoms with E-state index in [-0.39, 0.29) is 11.7 Å². The topological polar surface area (TPSA) is 72.6 Å². The van der Waals surface area contributed by atoms with Gasteiger partial charge in [-0.25, -0.2) is 0 Å². The van der Waals surface area contributed by atoms with Gasteiger partial charge in [-0.3, -0.25) is 9.59 Å². The molecule has 1 aliphatic heterocycles. The van der Waals surface area contributed by atoms with Crippen molar-refractivity contribution in [3.63, 3.8) is 0 Å². The van der Waals surface area contributed by atoms with Gasteiger partial charge in [0.25, 0.3) is 0 Å². The summed E-state index contributed by atoms with van der Waals surface area (Å²) in [6.07, 6.45) is 1.09. The lowest BCUT2D eigenvalue weighted by Gasteiger charge is -2.17. The zero-order chi connectivity index (χ0) is 19.9. The molecule has 2 aromatic carbocycles. The molecule has 0 spiro atoms. The minimum absolute atomic E-state index is 0.0112. The summed E-state index contributed by atoms with van der Waals surface area (Å²) in [6.45, 7) is 4.01. The molecule has 1 amide bonds. The summed E-state index contributed by atoms with van der Waals surface area (Å²) in [5.74, 6) is 1.43. The van der Waals surface area contributed by atoms with Crippen LogP contribution in [0.25, 0.3) is 0 Å².